The van der Waals surface area contributed by atoms with Crippen molar-refractivity contribution in [3.63, 3.8) is 0 Å². The largest absolute Gasteiger partial charge is 0.466 e. The summed E-state index contributed by atoms with van der Waals surface area (Å²) >= 11 is 0. The number of fused-ring (bicyclic) bond motifs is 1. The molecule has 140 valence electrons. The number of rotatable bonds is 5. The second-order valence-corrected chi connectivity index (χ2v) is 7.05. The van der Waals surface area contributed by atoms with E-state index < -0.39 is 0 Å². The first-order valence-corrected chi connectivity index (χ1v) is 9.66. The quantitative estimate of drug-likeness (QED) is 0.647. The Balaban J connectivity index is 1.63. The molecule has 5 nitrogen and oxygen atoms in total. The van der Waals surface area contributed by atoms with Gasteiger partial charge < -0.3 is 4.74 Å². The van der Waals surface area contributed by atoms with E-state index in [0.717, 1.165) is 49.2 Å². The molecule has 1 saturated heterocycles. The van der Waals surface area contributed by atoms with Gasteiger partial charge in [0, 0.05) is 36.1 Å². The normalized spacial score (nSPS) is 17.9. The number of hydrogen-bond donors (Lipinski definition) is 0. The molecule has 1 atom stereocenters. The number of carbonyl (C=O) groups is 1. The molecule has 1 fully saturated rings. The molecule has 27 heavy (non-hydrogen) atoms. The zero-order chi connectivity index (χ0) is 18.6. The fourth-order valence-corrected chi connectivity index (χ4v) is 3.95. The molecule has 3 heterocycles. The van der Waals surface area contributed by atoms with Crippen LogP contribution in [0.25, 0.3) is 16.7 Å². The minimum Gasteiger partial charge on any atom is -0.466 e. The van der Waals surface area contributed by atoms with Gasteiger partial charge in [0.1, 0.15) is 5.65 Å². The fraction of sp³-hybridized carbons (Fsp3) is 0.364. The fourth-order valence-electron chi connectivity index (χ4n) is 3.95. The predicted molar refractivity (Wildman–Crippen MR) is 106 cm³/mol. The highest BCUT2D eigenvalue weighted by Gasteiger charge is 2.27. The monoisotopic (exact) mass is 363 g/mol. The zero-order valence-corrected chi connectivity index (χ0v) is 15.7. The molecule has 0 N–H and O–H groups in total. The van der Waals surface area contributed by atoms with Crippen LogP contribution in [-0.4, -0.2) is 40.1 Å². The number of likely N-dealkylation sites (tertiary alicyclic amines) is 1. The van der Waals surface area contributed by atoms with E-state index in [9.17, 15) is 4.79 Å². The number of nitrogens with zero attached hydrogens (tertiary/aromatic N) is 3. The van der Waals surface area contributed by atoms with E-state index in [2.05, 4.69) is 38.7 Å². The molecule has 0 amide bonds. The SMILES string of the molecule is CCOC(=O)C1CCCN(Cc2cc3cccnc3n2-c2ccccc2)C1. The van der Waals surface area contributed by atoms with Gasteiger partial charge in [-0.3, -0.25) is 14.3 Å². The summed E-state index contributed by atoms with van der Waals surface area (Å²) < 4.78 is 7.47. The number of hydrogen-bond acceptors (Lipinski definition) is 4. The molecule has 1 aliphatic heterocycles. The van der Waals surface area contributed by atoms with E-state index >= 15 is 0 Å². The number of esters is 1. The minimum absolute atomic E-state index is 0.0219. The first-order chi connectivity index (χ1) is 13.3. The third kappa shape index (κ3) is 3.74. The lowest BCUT2D eigenvalue weighted by Gasteiger charge is -2.31. The molecule has 1 aromatic carbocycles. The minimum atomic E-state index is -0.0625. The Bertz CT molecular complexity index is 920. The molecule has 0 spiro atoms. The molecule has 1 aliphatic rings. The van der Waals surface area contributed by atoms with Gasteiger partial charge in [-0.2, -0.15) is 0 Å². The van der Waals surface area contributed by atoms with Gasteiger partial charge in [-0.25, -0.2) is 4.98 Å². The summed E-state index contributed by atoms with van der Waals surface area (Å²) in [5.41, 5.74) is 3.28. The number of pyridine rings is 1. The first kappa shape index (κ1) is 17.7. The van der Waals surface area contributed by atoms with Crippen molar-refractivity contribution in [1.82, 2.24) is 14.5 Å². The van der Waals surface area contributed by atoms with E-state index in [-0.39, 0.29) is 11.9 Å². The van der Waals surface area contributed by atoms with Crippen LogP contribution in [0.15, 0.2) is 54.7 Å². The van der Waals surface area contributed by atoms with Crippen LogP contribution < -0.4 is 0 Å². The summed E-state index contributed by atoms with van der Waals surface area (Å²) in [6.07, 6.45) is 3.77. The second kappa shape index (κ2) is 7.92. The summed E-state index contributed by atoms with van der Waals surface area (Å²) in [5.74, 6) is -0.0844. The Morgan fingerprint density at radius 3 is 2.89 bits per heavy atom. The predicted octanol–water partition coefficient (Wildman–Crippen LogP) is 3.80. The van der Waals surface area contributed by atoms with Gasteiger partial charge in [-0.05, 0) is 56.6 Å². The first-order valence-electron chi connectivity index (χ1n) is 9.66. The van der Waals surface area contributed by atoms with Gasteiger partial charge >= 0.3 is 5.97 Å². The van der Waals surface area contributed by atoms with Crippen LogP contribution in [0.4, 0.5) is 0 Å². The average Bonchev–Trinajstić information content (AvgIpc) is 3.07. The maximum atomic E-state index is 12.2. The summed E-state index contributed by atoms with van der Waals surface area (Å²) in [6, 6.07) is 16.6. The van der Waals surface area contributed by atoms with Crippen molar-refractivity contribution in [2.45, 2.75) is 26.3 Å². The third-order valence-corrected chi connectivity index (χ3v) is 5.16. The Hall–Kier alpha value is -2.66. The summed E-state index contributed by atoms with van der Waals surface area (Å²) in [4.78, 5) is 19.1. The van der Waals surface area contributed by atoms with Gasteiger partial charge in [0.15, 0.2) is 0 Å². The third-order valence-electron chi connectivity index (χ3n) is 5.16. The molecular weight excluding hydrogens is 338 g/mol. The Morgan fingerprint density at radius 2 is 2.07 bits per heavy atom. The standard InChI is InChI=1S/C22H25N3O2/c1-2-27-22(26)18-9-7-13-24(15-18)16-20-14-17-8-6-12-23-21(17)25(20)19-10-4-3-5-11-19/h3-6,8,10-12,14,18H,2,7,9,13,15-16H2,1H3. The van der Waals surface area contributed by atoms with Crippen molar-refractivity contribution in [3.8, 4) is 5.69 Å². The van der Waals surface area contributed by atoms with Gasteiger partial charge in [0.2, 0.25) is 0 Å². The highest BCUT2D eigenvalue weighted by Crippen LogP contribution is 2.26. The van der Waals surface area contributed by atoms with E-state index in [1.54, 1.807) is 0 Å². The maximum absolute atomic E-state index is 12.2. The van der Waals surface area contributed by atoms with Crippen LogP contribution in [0.2, 0.25) is 0 Å². The second-order valence-electron chi connectivity index (χ2n) is 7.05. The van der Waals surface area contributed by atoms with Crippen molar-refractivity contribution < 1.29 is 9.53 Å². The number of carbonyl (C=O) groups excluding carboxylic acids is 1. The van der Waals surface area contributed by atoms with Crippen LogP contribution in [0.1, 0.15) is 25.5 Å². The smallest absolute Gasteiger partial charge is 0.310 e. The van der Waals surface area contributed by atoms with E-state index in [0.29, 0.717) is 6.61 Å². The van der Waals surface area contributed by atoms with Crippen LogP contribution in [-0.2, 0) is 16.1 Å². The lowest BCUT2D eigenvalue weighted by molar-refractivity contribution is -0.150. The topological polar surface area (TPSA) is 47.4 Å². The number of aromatic nitrogens is 2. The number of para-hydroxylation sites is 1. The van der Waals surface area contributed by atoms with E-state index in [4.69, 9.17) is 4.74 Å². The lowest BCUT2D eigenvalue weighted by atomic mass is 9.98. The van der Waals surface area contributed by atoms with Crippen LogP contribution in [0, 0.1) is 5.92 Å². The molecule has 4 rings (SSSR count). The highest BCUT2D eigenvalue weighted by atomic mass is 16.5. The van der Waals surface area contributed by atoms with Crippen molar-refractivity contribution in [3.05, 3.63) is 60.4 Å². The van der Waals surface area contributed by atoms with Gasteiger partial charge in [-0.1, -0.05) is 18.2 Å². The van der Waals surface area contributed by atoms with Gasteiger partial charge in [-0.15, -0.1) is 0 Å². The molecule has 5 heteroatoms. The van der Waals surface area contributed by atoms with Crippen LogP contribution >= 0.6 is 0 Å². The van der Waals surface area contributed by atoms with Crippen molar-refractivity contribution in [2.24, 2.45) is 5.92 Å². The van der Waals surface area contributed by atoms with Gasteiger partial charge in [0.25, 0.3) is 0 Å². The molecule has 0 bridgehead atoms. The molecule has 3 aromatic rings. The summed E-state index contributed by atoms with van der Waals surface area (Å²) in [7, 11) is 0. The highest BCUT2D eigenvalue weighted by molar-refractivity contribution is 5.79. The number of piperidine rings is 1. The summed E-state index contributed by atoms with van der Waals surface area (Å²) in [6.45, 7) is 4.86. The summed E-state index contributed by atoms with van der Waals surface area (Å²) in [5, 5.41) is 1.13. The maximum Gasteiger partial charge on any atom is 0.310 e. The van der Waals surface area contributed by atoms with Crippen LogP contribution in [0.3, 0.4) is 0 Å². The Morgan fingerprint density at radius 1 is 1.22 bits per heavy atom. The molecule has 2 aromatic heterocycles. The molecule has 1 unspecified atom stereocenters. The van der Waals surface area contributed by atoms with Crippen molar-refractivity contribution >= 4 is 17.0 Å². The zero-order valence-electron chi connectivity index (χ0n) is 15.7. The molecule has 0 saturated carbocycles. The number of benzene rings is 1. The van der Waals surface area contributed by atoms with Crippen LogP contribution in [0.5, 0.6) is 0 Å². The van der Waals surface area contributed by atoms with Crippen molar-refractivity contribution in [1.29, 1.82) is 0 Å². The molecule has 0 radical (unpaired) electrons. The molecule has 0 aliphatic carbocycles. The molecular formula is C22H25N3O2. The van der Waals surface area contributed by atoms with E-state index in [1.807, 2.05) is 37.4 Å². The average molecular weight is 363 g/mol. The Labute approximate surface area is 159 Å². The van der Waals surface area contributed by atoms with Gasteiger partial charge in [0.05, 0.1) is 12.5 Å². The lowest BCUT2D eigenvalue weighted by Crippen LogP contribution is -2.39. The Kier molecular flexibility index (Phi) is 5.21. The van der Waals surface area contributed by atoms with Crippen molar-refractivity contribution in [2.75, 3.05) is 19.7 Å². The number of ether oxygens (including phenoxy) is 1. The van der Waals surface area contributed by atoms with E-state index in [1.165, 1.54) is 5.69 Å².